The van der Waals surface area contributed by atoms with E-state index in [1.807, 2.05) is 13.0 Å². The molecule has 13 heteroatoms. The minimum absolute atomic E-state index is 0.0182. The Hall–Kier alpha value is -4.10. The third-order valence-corrected chi connectivity index (χ3v) is 5.85. The van der Waals surface area contributed by atoms with Crippen molar-refractivity contribution < 1.29 is 32.5 Å². The van der Waals surface area contributed by atoms with Crippen LogP contribution in [0.2, 0.25) is 0 Å². The first kappa shape index (κ1) is 29.5. The Kier molecular flexibility index (Phi) is 10.7. The summed E-state index contributed by atoms with van der Waals surface area (Å²) in [6, 6.07) is 4.89. The molecule has 0 aliphatic rings. The fourth-order valence-corrected chi connectivity index (χ4v) is 3.90. The number of alkyl halides is 2. The van der Waals surface area contributed by atoms with Crippen molar-refractivity contribution in [2.45, 2.75) is 33.8 Å². The Balaban J connectivity index is 1.77. The molecular weight excluding hydrogens is 535 g/mol. The SMILES string of the molecule is C\C=C(COc1nnc(NC(=O)c2cnc(C)cc2-c2c(F)cccc2OC(F)F)s1)/N=C\C(=C\CC)CO. The highest BCUT2D eigenvalue weighted by molar-refractivity contribution is 7.17. The molecule has 0 aliphatic carbocycles. The summed E-state index contributed by atoms with van der Waals surface area (Å²) in [5.74, 6) is -1.99. The minimum atomic E-state index is -3.19. The van der Waals surface area contributed by atoms with Crippen LogP contribution in [0.15, 0.2) is 58.9 Å². The van der Waals surface area contributed by atoms with Crippen molar-refractivity contribution in [3.05, 3.63) is 71.0 Å². The van der Waals surface area contributed by atoms with Crippen molar-refractivity contribution in [2.75, 3.05) is 18.5 Å². The maximum Gasteiger partial charge on any atom is 0.387 e. The van der Waals surface area contributed by atoms with E-state index in [2.05, 4.69) is 30.2 Å². The van der Waals surface area contributed by atoms with Gasteiger partial charge in [-0.25, -0.2) is 4.39 Å². The van der Waals surface area contributed by atoms with Gasteiger partial charge in [0.05, 0.1) is 23.4 Å². The summed E-state index contributed by atoms with van der Waals surface area (Å²) in [5.41, 5.74) is 1.31. The second-order valence-corrected chi connectivity index (χ2v) is 8.80. The van der Waals surface area contributed by atoms with Gasteiger partial charge in [0.25, 0.3) is 11.1 Å². The number of carbonyl (C=O) groups is 1. The molecule has 2 heterocycles. The van der Waals surface area contributed by atoms with Gasteiger partial charge in [-0.2, -0.15) is 8.78 Å². The Morgan fingerprint density at radius 2 is 2.10 bits per heavy atom. The number of aryl methyl sites for hydroxylation is 1. The first-order valence-corrected chi connectivity index (χ1v) is 12.5. The molecule has 3 aromatic rings. The van der Waals surface area contributed by atoms with Gasteiger partial charge >= 0.3 is 6.61 Å². The third kappa shape index (κ3) is 8.19. The molecule has 0 spiro atoms. The number of amides is 1. The zero-order valence-corrected chi connectivity index (χ0v) is 22.1. The van der Waals surface area contributed by atoms with Gasteiger partial charge in [-0.3, -0.25) is 20.1 Å². The summed E-state index contributed by atoms with van der Waals surface area (Å²) >= 11 is 0.940. The van der Waals surface area contributed by atoms with E-state index in [4.69, 9.17) is 4.74 Å². The van der Waals surface area contributed by atoms with Crippen LogP contribution in [0.4, 0.5) is 18.3 Å². The molecule has 0 saturated heterocycles. The van der Waals surface area contributed by atoms with Gasteiger partial charge in [-0.15, -0.1) is 5.10 Å². The number of aliphatic imine (C=N–C) groups is 1. The third-order valence-electron chi connectivity index (χ3n) is 5.09. The molecular formula is C26H26F3N5O4S. The number of ether oxygens (including phenoxy) is 2. The Morgan fingerprint density at radius 1 is 1.31 bits per heavy atom. The lowest BCUT2D eigenvalue weighted by Crippen LogP contribution is -2.14. The molecule has 1 amide bonds. The lowest BCUT2D eigenvalue weighted by molar-refractivity contribution is -0.0495. The van der Waals surface area contributed by atoms with E-state index in [1.54, 1.807) is 26.1 Å². The summed E-state index contributed by atoms with van der Waals surface area (Å²) in [7, 11) is 0. The highest BCUT2D eigenvalue weighted by Gasteiger charge is 2.23. The molecule has 0 bridgehead atoms. The Morgan fingerprint density at radius 3 is 2.79 bits per heavy atom. The van der Waals surface area contributed by atoms with Crippen LogP contribution in [-0.4, -0.2) is 52.2 Å². The molecule has 0 fully saturated rings. The quantitative estimate of drug-likeness (QED) is 0.277. The number of hydrogen-bond donors (Lipinski definition) is 2. The lowest BCUT2D eigenvalue weighted by atomic mass is 9.98. The van der Waals surface area contributed by atoms with E-state index in [9.17, 15) is 23.1 Å². The number of aromatic nitrogens is 3. The monoisotopic (exact) mass is 561 g/mol. The molecule has 0 radical (unpaired) electrons. The second-order valence-electron chi connectivity index (χ2n) is 7.86. The number of hydrogen-bond acceptors (Lipinski definition) is 9. The van der Waals surface area contributed by atoms with E-state index in [0.29, 0.717) is 17.0 Å². The van der Waals surface area contributed by atoms with Crippen molar-refractivity contribution in [1.82, 2.24) is 15.2 Å². The van der Waals surface area contributed by atoms with Gasteiger partial charge in [0.1, 0.15) is 18.2 Å². The molecule has 2 aromatic heterocycles. The summed E-state index contributed by atoms with van der Waals surface area (Å²) < 4.78 is 50.8. The lowest BCUT2D eigenvalue weighted by Gasteiger charge is -2.15. The predicted octanol–water partition coefficient (Wildman–Crippen LogP) is 5.58. The first-order valence-electron chi connectivity index (χ1n) is 11.7. The number of pyridine rings is 1. The smallest absolute Gasteiger partial charge is 0.387 e. The summed E-state index contributed by atoms with van der Waals surface area (Å²) in [5, 5.41) is 19.9. The van der Waals surface area contributed by atoms with Crippen molar-refractivity contribution >= 4 is 28.6 Å². The molecule has 3 rings (SSSR count). The molecule has 39 heavy (non-hydrogen) atoms. The van der Waals surface area contributed by atoms with Gasteiger partial charge in [0.2, 0.25) is 5.13 Å². The van der Waals surface area contributed by atoms with Gasteiger partial charge in [0, 0.05) is 23.7 Å². The zero-order valence-electron chi connectivity index (χ0n) is 21.3. The Labute approximate surface area is 226 Å². The maximum absolute atomic E-state index is 14.8. The van der Waals surface area contributed by atoms with E-state index in [-0.39, 0.29) is 40.2 Å². The van der Waals surface area contributed by atoms with E-state index in [0.717, 1.165) is 23.8 Å². The molecule has 0 unspecified atom stereocenters. The maximum atomic E-state index is 14.8. The fraction of sp³-hybridized carbons (Fsp3) is 0.269. The van der Waals surface area contributed by atoms with Crippen LogP contribution in [0, 0.1) is 12.7 Å². The van der Waals surface area contributed by atoms with Crippen LogP contribution in [0.3, 0.4) is 0 Å². The van der Waals surface area contributed by atoms with E-state index < -0.39 is 24.1 Å². The number of nitrogens with one attached hydrogen (secondary N) is 1. The van der Waals surface area contributed by atoms with Gasteiger partial charge in [-0.1, -0.05) is 30.2 Å². The minimum Gasteiger partial charge on any atom is -0.462 e. The molecule has 0 saturated carbocycles. The average Bonchev–Trinajstić information content (AvgIpc) is 3.34. The van der Waals surface area contributed by atoms with Crippen molar-refractivity contribution in [1.29, 1.82) is 0 Å². The topological polar surface area (TPSA) is 119 Å². The van der Waals surface area contributed by atoms with E-state index in [1.165, 1.54) is 24.4 Å². The molecule has 206 valence electrons. The van der Waals surface area contributed by atoms with Crippen LogP contribution < -0.4 is 14.8 Å². The molecule has 1 aromatic carbocycles. The number of carbonyl (C=O) groups excluding carboxylic acids is 1. The van der Waals surface area contributed by atoms with Crippen LogP contribution in [0.1, 0.15) is 36.3 Å². The predicted molar refractivity (Wildman–Crippen MR) is 142 cm³/mol. The van der Waals surface area contributed by atoms with Gasteiger partial charge in [-0.05, 0) is 55.4 Å². The number of rotatable bonds is 12. The van der Waals surface area contributed by atoms with Crippen LogP contribution >= 0.6 is 11.3 Å². The number of anilines is 1. The highest BCUT2D eigenvalue weighted by atomic mass is 32.1. The number of benzene rings is 1. The highest BCUT2D eigenvalue weighted by Crippen LogP contribution is 2.36. The van der Waals surface area contributed by atoms with Gasteiger partial charge < -0.3 is 14.6 Å². The number of allylic oxidation sites excluding steroid dienone is 2. The molecule has 9 nitrogen and oxygen atoms in total. The van der Waals surface area contributed by atoms with Gasteiger partial charge in [0.15, 0.2) is 0 Å². The van der Waals surface area contributed by atoms with Crippen molar-refractivity contribution in [3.63, 3.8) is 0 Å². The number of aliphatic hydroxyl groups excluding tert-OH is 1. The molecule has 0 aliphatic heterocycles. The summed E-state index contributed by atoms with van der Waals surface area (Å²) in [6.45, 7) is 2.08. The van der Waals surface area contributed by atoms with Crippen molar-refractivity contribution in [3.8, 4) is 22.1 Å². The van der Waals surface area contributed by atoms with E-state index >= 15 is 0 Å². The number of aliphatic hydroxyl groups is 1. The first-order chi connectivity index (χ1) is 18.7. The van der Waals surface area contributed by atoms with Crippen LogP contribution in [0.25, 0.3) is 11.1 Å². The summed E-state index contributed by atoms with van der Waals surface area (Å²) in [4.78, 5) is 21.5. The van der Waals surface area contributed by atoms with Crippen LogP contribution in [-0.2, 0) is 0 Å². The molecule has 0 atom stereocenters. The van der Waals surface area contributed by atoms with Crippen LogP contribution in [0.5, 0.6) is 10.9 Å². The normalized spacial score (nSPS) is 12.3. The number of halogens is 3. The molecule has 2 N–H and O–H groups in total. The summed E-state index contributed by atoms with van der Waals surface area (Å²) in [6.07, 6.45) is 7.11. The van der Waals surface area contributed by atoms with Crippen molar-refractivity contribution in [2.24, 2.45) is 4.99 Å². The largest absolute Gasteiger partial charge is 0.462 e. The Bertz CT molecular complexity index is 1390. The zero-order chi connectivity index (χ0) is 28.4. The second kappa shape index (κ2) is 14.2. The standard InChI is InChI=1S/C26H26F3N5O4S/c1-4-7-16(13-35)11-31-17(5-2)14-37-26-34-33-25(39-26)32-23(36)19-12-30-15(3)10-18(19)22-20(27)8-6-9-21(22)38-24(28)29/h5-12,24,35H,4,13-14H2,1-3H3,(H,32,33,36)/b16-7-,17-5-,31-11-. The number of nitrogens with zero attached hydrogens (tertiary/aromatic N) is 4. The average molecular weight is 562 g/mol. The fourth-order valence-electron chi connectivity index (χ4n) is 3.31.